The second kappa shape index (κ2) is 7.83. The van der Waals surface area contributed by atoms with Crippen molar-refractivity contribution in [1.29, 1.82) is 0 Å². The summed E-state index contributed by atoms with van der Waals surface area (Å²) in [5.74, 6) is 0.740. The van der Waals surface area contributed by atoms with Crippen LogP contribution in [0.4, 0.5) is 0 Å². The number of allylic oxidation sites excluding steroid dienone is 1. The normalized spacial score (nSPS) is 10.5. The zero-order chi connectivity index (χ0) is 14.3. The Balaban J connectivity index is 2.72. The fourth-order valence-corrected chi connectivity index (χ4v) is 2.13. The van der Waals surface area contributed by atoms with Crippen LogP contribution < -0.4 is 5.32 Å². The minimum atomic E-state index is 0.740. The third kappa shape index (κ3) is 5.34. The summed E-state index contributed by atoms with van der Waals surface area (Å²) in [4.78, 5) is 0. The van der Waals surface area contributed by atoms with Crippen LogP contribution in [0.15, 0.2) is 43.0 Å². The second-order valence-corrected chi connectivity index (χ2v) is 5.53. The molecular formula is C18H27N. The molecule has 0 radical (unpaired) electrons. The lowest BCUT2D eigenvalue weighted by atomic mass is 9.95. The van der Waals surface area contributed by atoms with Crippen LogP contribution in [0.5, 0.6) is 0 Å². The van der Waals surface area contributed by atoms with Crippen LogP contribution in [-0.2, 0) is 6.42 Å². The van der Waals surface area contributed by atoms with Crippen molar-refractivity contribution in [3.63, 3.8) is 0 Å². The van der Waals surface area contributed by atoms with Gasteiger partial charge in [-0.3, -0.25) is 0 Å². The van der Waals surface area contributed by atoms with Crippen LogP contribution >= 0.6 is 0 Å². The minimum Gasteiger partial charge on any atom is -0.385 e. The van der Waals surface area contributed by atoms with Crippen LogP contribution in [0.2, 0.25) is 0 Å². The van der Waals surface area contributed by atoms with Gasteiger partial charge < -0.3 is 5.32 Å². The third-order valence-electron chi connectivity index (χ3n) is 3.25. The Morgan fingerprint density at radius 3 is 2.53 bits per heavy atom. The van der Waals surface area contributed by atoms with Gasteiger partial charge in [-0.15, -0.1) is 0 Å². The highest BCUT2D eigenvalue weighted by Crippen LogP contribution is 2.21. The highest BCUT2D eigenvalue weighted by molar-refractivity contribution is 5.65. The number of hydrogen-bond acceptors (Lipinski definition) is 1. The summed E-state index contributed by atoms with van der Waals surface area (Å²) >= 11 is 0. The molecule has 0 saturated heterocycles. The van der Waals surface area contributed by atoms with Crippen molar-refractivity contribution in [3.8, 4) is 0 Å². The van der Waals surface area contributed by atoms with Crippen LogP contribution in [0.25, 0.3) is 5.70 Å². The average molecular weight is 257 g/mol. The highest BCUT2D eigenvalue weighted by Gasteiger charge is 2.07. The largest absolute Gasteiger partial charge is 0.385 e. The van der Waals surface area contributed by atoms with Crippen molar-refractivity contribution in [2.75, 3.05) is 6.54 Å². The number of hydrogen-bond donors (Lipinski definition) is 1. The molecule has 104 valence electrons. The molecule has 0 saturated carbocycles. The van der Waals surface area contributed by atoms with E-state index in [9.17, 15) is 0 Å². The molecule has 1 N–H and O–H groups in total. The monoisotopic (exact) mass is 257 g/mol. The molecular weight excluding hydrogens is 230 g/mol. The van der Waals surface area contributed by atoms with Gasteiger partial charge in [0.15, 0.2) is 0 Å². The first-order valence-electron chi connectivity index (χ1n) is 7.22. The first-order valence-corrected chi connectivity index (χ1v) is 7.22. The summed E-state index contributed by atoms with van der Waals surface area (Å²) in [5, 5.41) is 3.30. The van der Waals surface area contributed by atoms with Gasteiger partial charge in [0.2, 0.25) is 0 Å². The molecule has 0 bridgehead atoms. The van der Waals surface area contributed by atoms with Gasteiger partial charge in [0.25, 0.3) is 0 Å². The summed E-state index contributed by atoms with van der Waals surface area (Å²) in [5.41, 5.74) is 4.86. The zero-order valence-corrected chi connectivity index (χ0v) is 12.6. The van der Waals surface area contributed by atoms with Gasteiger partial charge >= 0.3 is 0 Å². The fraction of sp³-hybridized carbons (Fsp3) is 0.444. The molecule has 1 aromatic rings. The standard InChI is InChI=1S/C18H27N/c1-6-19-16(5)18-10-8-7-9-17(18)13-15(4)12-11-14(2)3/h7-10,14,19H,4-6,11-13H2,1-3H3. The van der Waals surface area contributed by atoms with E-state index < -0.39 is 0 Å². The first kappa shape index (κ1) is 15.6. The molecule has 0 fully saturated rings. The lowest BCUT2D eigenvalue weighted by Gasteiger charge is -2.14. The van der Waals surface area contributed by atoms with Crippen molar-refractivity contribution in [3.05, 3.63) is 54.1 Å². The Bertz CT molecular complexity index is 429. The van der Waals surface area contributed by atoms with E-state index in [-0.39, 0.29) is 0 Å². The lowest BCUT2D eigenvalue weighted by molar-refractivity contribution is 0.581. The maximum Gasteiger partial charge on any atom is 0.0343 e. The molecule has 0 aliphatic rings. The van der Waals surface area contributed by atoms with Crippen LogP contribution in [0, 0.1) is 5.92 Å². The van der Waals surface area contributed by atoms with Gasteiger partial charge in [-0.1, -0.05) is 56.8 Å². The van der Waals surface area contributed by atoms with Crippen molar-refractivity contribution < 1.29 is 0 Å². The number of rotatable bonds is 8. The summed E-state index contributed by atoms with van der Waals surface area (Å²) in [6.45, 7) is 15.8. The molecule has 0 spiro atoms. The van der Waals surface area contributed by atoms with Gasteiger partial charge in [-0.25, -0.2) is 0 Å². The number of benzene rings is 1. The lowest BCUT2D eigenvalue weighted by Crippen LogP contribution is -2.11. The molecule has 0 aliphatic carbocycles. The predicted octanol–water partition coefficient (Wildman–Crippen LogP) is 4.80. The topological polar surface area (TPSA) is 12.0 Å². The smallest absolute Gasteiger partial charge is 0.0343 e. The maximum absolute atomic E-state index is 4.22. The van der Waals surface area contributed by atoms with E-state index in [1.54, 1.807) is 0 Å². The predicted molar refractivity (Wildman–Crippen MR) is 86.1 cm³/mol. The molecule has 1 rings (SSSR count). The quantitative estimate of drug-likeness (QED) is 0.659. The second-order valence-electron chi connectivity index (χ2n) is 5.53. The van der Waals surface area contributed by atoms with E-state index in [2.05, 4.69) is 63.5 Å². The van der Waals surface area contributed by atoms with Crippen molar-refractivity contribution in [1.82, 2.24) is 5.32 Å². The maximum atomic E-state index is 4.22. The zero-order valence-electron chi connectivity index (χ0n) is 12.6. The Hall–Kier alpha value is -1.50. The Morgan fingerprint density at radius 2 is 1.89 bits per heavy atom. The third-order valence-corrected chi connectivity index (χ3v) is 3.25. The van der Waals surface area contributed by atoms with Gasteiger partial charge in [-0.2, -0.15) is 0 Å². The van der Waals surface area contributed by atoms with Gasteiger partial charge in [-0.05, 0) is 37.7 Å². The van der Waals surface area contributed by atoms with Crippen molar-refractivity contribution in [2.24, 2.45) is 5.92 Å². The van der Waals surface area contributed by atoms with Crippen LogP contribution in [0.1, 0.15) is 44.7 Å². The summed E-state index contributed by atoms with van der Waals surface area (Å²) in [7, 11) is 0. The molecule has 0 amide bonds. The van der Waals surface area contributed by atoms with E-state index in [1.807, 2.05) is 0 Å². The van der Waals surface area contributed by atoms with Gasteiger partial charge in [0.05, 0.1) is 0 Å². The summed E-state index contributed by atoms with van der Waals surface area (Å²) in [6.07, 6.45) is 3.28. The van der Waals surface area contributed by atoms with Crippen LogP contribution in [0.3, 0.4) is 0 Å². The minimum absolute atomic E-state index is 0.740. The van der Waals surface area contributed by atoms with E-state index in [4.69, 9.17) is 0 Å². The van der Waals surface area contributed by atoms with Crippen molar-refractivity contribution in [2.45, 2.75) is 40.0 Å². The molecule has 1 aromatic carbocycles. The van der Waals surface area contributed by atoms with Gasteiger partial charge in [0.1, 0.15) is 0 Å². The molecule has 0 heterocycles. The van der Waals surface area contributed by atoms with E-state index in [0.29, 0.717) is 0 Å². The number of nitrogens with one attached hydrogen (secondary N) is 1. The molecule has 0 atom stereocenters. The average Bonchev–Trinajstić information content (AvgIpc) is 2.37. The van der Waals surface area contributed by atoms with Crippen molar-refractivity contribution >= 4 is 5.70 Å². The molecule has 1 heteroatoms. The van der Waals surface area contributed by atoms with E-state index in [1.165, 1.54) is 23.1 Å². The summed E-state index contributed by atoms with van der Waals surface area (Å²) < 4.78 is 0. The first-order chi connectivity index (χ1) is 9.04. The summed E-state index contributed by atoms with van der Waals surface area (Å²) in [6, 6.07) is 8.47. The Labute approximate surface area is 118 Å². The molecule has 0 aromatic heterocycles. The fourth-order valence-electron chi connectivity index (χ4n) is 2.13. The Morgan fingerprint density at radius 1 is 1.21 bits per heavy atom. The van der Waals surface area contributed by atoms with E-state index in [0.717, 1.165) is 31.0 Å². The molecule has 19 heavy (non-hydrogen) atoms. The SMILES string of the molecule is C=C(CCC(C)C)Cc1ccccc1C(=C)NCC. The van der Waals surface area contributed by atoms with E-state index >= 15 is 0 Å². The van der Waals surface area contributed by atoms with Gasteiger partial charge in [0, 0.05) is 17.8 Å². The molecule has 1 nitrogen and oxygen atoms in total. The highest BCUT2D eigenvalue weighted by atomic mass is 14.9. The molecule has 0 unspecified atom stereocenters. The Kier molecular flexibility index (Phi) is 6.41. The van der Waals surface area contributed by atoms with Crippen LogP contribution in [-0.4, -0.2) is 6.54 Å². The molecule has 0 aliphatic heterocycles.